The second-order valence-corrected chi connectivity index (χ2v) is 10.8. The Morgan fingerprint density at radius 1 is 1.30 bits per heavy atom. The van der Waals surface area contributed by atoms with Crippen LogP contribution in [0.2, 0.25) is 0 Å². The van der Waals surface area contributed by atoms with E-state index in [1.165, 1.54) is 11.3 Å². The van der Waals surface area contributed by atoms with Crippen LogP contribution >= 0.6 is 27.3 Å². The largest absolute Gasteiger partial charge is 0.352 e. The van der Waals surface area contributed by atoms with E-state index in [0.717, 1.165) is 10.0 Å². The maximum absolute atomic E-state index is 12.6. The molecule has 2 heterocycles. The van der Waals surface area contributed by atoms with E-state index in [1.807, 2.05) is 31.2 Å². The van der Waals surface area contributed by atoms with Gasteiger partial charge in [0.1, 0.15) is 4.21 Å². The highest BCUT2D eigenvalue weighted by atomic mass is 79.9. The van der Waals surface area contributed by atoms with Crippen molar-refractivity contribution in [2.75, 3.05) is 13.1 Å². The summed E-state index contributed by atoms with van der Waals surface area (Å²) in [7, 11) is -3.39. The van der Waals surface area contributed by atoms with Gasteiger partial charge in [-0.25, -0.2) is 8.42 Å². The Bertz CT molecular complexity index is 876. The van der Waals surface area contributed by atoms with Crippen molar-refractivity contribution in [3.63, 3.8) is 0 Å². The topological polar surface area (TPSA) is 66.5 Å². The Labute approximate surface area is 173 Å². The minimum absolute atomic E-state index is 0.0227. The van der Waals surface area contributed by atoms with E-state index in [0.29, 0.717) is 36.7 Å². The molecule has 1 amide bonds. The Morgan fingerprint density at radius 2 is 2.04 bits per heavy atom. The molecule has 146 valence electrons. The Morgan fingerprint density at radius 3 is 2.67 bits per heavy atom. The fourth-order valence-corrected chi connectivity index (χ4v) is 6.43. The lowest BCUT2D eigenvalue weighted by molar-refractivity contribution is -0.126. The van der Waals surface area contributed by atoms with Crippen LogP contribution in [-0.4, -0.2) is 31.7 Å². The number of rotatable bonds is 6. The molecule has 1 aliphatic heterocycles. The van der Waals surface area contributed by atoms with Gasteiger partial charge in [-0.3, -0.25) is 4.79 Å². The maximum atomic E-state index is 12.6. The number of carbonyl (C=O) groups excluding carboxylic acids is 1. The molecule has 0 spiro atoms. The lowest BCUT2D eigenvalue weighted by Crippen LogP contribution is -2.42. The van der Waals surface area contributed by atoms with E-state index < -0.39 is 10.0 Å². The van der Waals surface area contributed by atoms with Crippen LogP contribution in [0.4, 0.5) is 0 Å². The molecule has 0 aliphatic carbocycles. The molecular weight excluding hydrogens is 448 g/mol. The SMILES string of the molecule is C[C@@H](C(=O)NCc1cccc(Br)c1)C1CCN(S(=O)(=O)c2cccs2)CC1. The molecular formula is C19H23BrN2O3S2. The zero-order chi connectivity index (χ0) is 19.4. The number of thiophene rings is 1. The highest BCUT2D eigenvalue weighted by Crippen LogP contribution is 2.30. The monoisotopic (exact) mass is 470 g/mol. The molecule has 0 unspecified atom stereocenters. The predicted molar refractivity (Wildman–Crippen MR) is 111 cm³/mol. The van der Waals surface area contributed by atoms with Crippen molar-refractivity contribution < 1.29 is 13.2 Å². The summed E-state index contributed by atoms with van der Waals surface area (Å²) in [6.07, 6.45) is 1.41. The molecule has 5 nitrogen and oxygen atoms in total. The van der Waals surface area contributed by atoms with Crippen molar-refractivity contribution in [3.05, 3.63) is 51.8 Å². The highest BCUT2D eigenvalue weighted by Gasteiger charge is 2.33. The van der Waals surface area contributed by atoms with Crippen LogP contribution in [0.5, 0.6) is 0 Å². The molecule has 0 radical (unpaired) electrons. The summed E-state index contributed by atoms with van der Waals surface area (Å²) < 4.78 is 28.1. The number of carbonyl (C=O) groups is 1. The first-order valence-corrected chi connectivity index (χ1v) is 12.0. The Hall–Kier alpha value is -1.22. The standard InChI is InChI=1S/C19H23BrN2O3S2/c1-14(19(23)21-13-15-4-2-5-17(20)12-15)16-7-9-22(10-8-16)27(24,25)18-6-3-11-26-18/h2-6,11-12,14,16H,7-10,13H2,1H3,(H,21,23)/t14-/m1/s1. The molecule has 1 aromatic heterocycles. The summed E-state index contributed by atoms with van der Waals surface area (Å²) in [6.45, 7) is 3.36. The average molecular weight is 471 g/mol. The second-order valence-electron chi connectivity index (χ2n) is 6.81. The molecule has 1 aromatic carbocycles. The number of sulfonamides is 1. The number of nitrogens with one attached hydrogen (secondary N) is 1. The van der Waals surface area contributed by atoms with E-state index in [9.17, 15) is 13.2 Å². The third-order valence-electron chi connectivity index (χ3n) is 5.06. The van der Waals surface area contributed by atoms with Gasteiger partial charge in [-0.2, -0.15) is 4.31 Å². The van der Waals surface area contributed by atoms with Gasteiger partial charge < -0.3 is 5.32 Å². The first-order valence-electron chi connectivity index (χ1n) is 8.94. The first kappa shape index (κ1) is 20.5. The third kappa shape index (κ3) is 4.99. The Kier molecular flexibility index (Phi) is 6.73. The number of hydrogen-bond acceptors (Lipinski definition) is 4. The zero-order valence-electron chi connectivity index (χ0n) is 15.1. The van der Waals surface area contributed by atoms with Gasteiger partial charge in [0.05, 0.1) is 0 Å². The summed E-state index contributed by atoms with van der Waals surface area (Å²) >= 11 is 4.67. The van der Waals surface area contributed by atoms with E-state index in [-0.39, 0.29) is 17.7 Å². The van der Waals surface area contributed by atoms with Crippen LogP contribution in [0.25, 0.3) is 0 Å². The van der Waals surface area contributed by atoms with Gasteiger partial charge >= 0.3 is 0 Å². The number of nitrogens with zero attached hydrogens (tertiary/aromatic N) is 1. The lowest BCUT2D eigenvalue weighted by Gasteiger charge is -2.33. The third-order valence-corrected chi connectivity index (χ3v) is 8.83. The second kappa shape index (κ2) is 8.86. The van der Waals surface area contributed by atoms with Gasteiger partial charge in [0.15, 0.2) is 0 Å². The number of hydrogen-bond donors (Lipinski definition) is 1. The number of piperidine rings is 1. The Balaban J connectivity index is 1.52. The van der Waals surface area contributed by atoms with Gasteiger partial charge in [-0.05, 0) is 47.9 Å². The predicted octanol–water partition coefficient (Wildman–Crippen LogP) is 3.86. The van der Waals surface area contributed by atoms with Crippen LogP contribution in [0.3, 0.4) is 0 Å². The number of benzene rings is 1. The smallest absolute Gasteiger partial charge is 0.252 e. The summed E-state index contributed by atoms with van der Waals surface area (Å²) in [5, 5.41) is 4.77. The van der Waals surface area contributed by atoms with Crippen molar-refractivity contribution in [3.8, 4) is 0 Å². The van der Waals surface area contributed by atoms with Crippen LogP contribution in [0, 0.1) is 11.8 Å². The van der Waals surface area contributed by atoms with Gasteiger partial charge in [-0.15, -0.1) is 11.3 Å². The first-order chi connectivity index (χ1) is 12.9. The molecule has 27 heavy (non-hydrogen) atoms. The van der Waals surface area contributed by atoms with E-state index >= 15 is 0 Å². The fraction of sp³-hybridized carbons (Fsp3) is 0.421. The molecule has 0 saturated carbocycles. The summed E-state index contributed by atoms with van der Waals surface area (Å²) in [4.78, 5) is 12.5. The van der Waals surface area contributed by atoms with Crippen LogP contribution < -0.4 is 5.32 Å². The highest BCUT2D eigenvalue weighted by molar-refractivity contribution is 9.10. The minimum atomic E-state index is -3.39. The van der Waals surface area contributed by atoms with Gasteiger partial charge in [0.2, 0.25) is 5.91 Å². The molecule has 1 aliphatic rings. The summed E-state index contributed by atoms with van der Waals surface area (Å²) in [5.41, 5.74) is 1.04. The quantitative estimate of drug-likeness (QED) is 0.696. The minimum Gasteiger partial charge on any atom is -0.352 e. The number of amides is 1. The van der Waals surface area contributed by atoms with Crippen LogP contribution in [-0.2, 0) is 21.4 Å². The average Bonchev–Trinajstić information content (AvgIpc) is 3.21. The van der Waals surface area contributed by atoms with Crippen molar-refractivity contribution in [1.82, 2.24) is 9.62 Å². The molecule has 2 aromatic rings. The van der Waals surface area contributed by atoms with Gasteiger partial charge in [0.25, 0.3) is 10.0 Å². The number of halogens is 1. The molecule has 8 heteroatoms. The van der Waals surface area contributed by atoms with Crippen LogP contribution in [0.15, 0.2) is 50.5 Å². The van der Waals surface area contributed by atoms with Crippen LogP contribution in [0.1, 0.15) is 25.3 Å². The van der Waals surface area contributed by atoms with Crippen molar-refractivity contribution in [2.24, 2.45) is 11.8 Å². The molecule has 1 saturated heterocycles. The lowest BCUT2D eigenvalue weighted by atomic mass is 9.85. The van der Waals surface area contributed by atoms with E-state index in [2.05, 4.69) is 21.2 Å². The molecule has 1 fully saturated rings. The molecule has 1 atom stereocenters. The van der Waals surface area contributed by atoms with Crippen molar-refractivity contribution >= 4 is 43.2 Å². The fourth-order valence-electron chi connectivity index (χ4n) is 3.36. The van der Waals surface area contributed by atoms with E-state index in [1.54, 1.807) is 21.8 Å². The maximum Gasteiger partial charge on any atom is 0.252 e. The normalized spacial score (nSPS) is 17.6. The van der Waals surface area contributed by atoms with E-state index in [4.69, 9.17) is 0 Å². The van der Waals surface area contributed by atoms with Gasteiger partial charge in [-0.1, -0.05) is 41.1 Å². The van der Waals surface area contributed by atoms with Gasteiger partial charge in [0, 0.05) is 30.0 Å². The van der Waals surface area contributed by atoms with Crippen molar-refractivity contribution in [1.29, 1.82) is 0 Å². The molecule has 0 bridgehead atoms. The zero-order valence-corrected chi connectivity index (χ0v) is 18.3. The summed E-state index contributed by atoms with van der Waals surface area (Å²) in [5.74, 6) is 0.0839. The molecule has 1 N–H and O–H groups in total. The summed E-state index contributed by atoms with van der Waals surface area (Å²) in [6, 6.07) is 11.2. The van der Waals surface area contributed by atoms with Crippen molar-refractivity contribution in [2.45, 2.75) is 30.5 Å². The molecule has 3 rings (SSSR count).